The van der Waals surface area contributed by atoms with E-state index in [2.05, 4.69) is 48.2 Å². The Kier molecular flexibility index (Phi) is 6.12. The fraction of sp³-hybridized carbons (Fsp3) is 0.280. The molecule has 1 heterocycles. The summed E-state index contributed by atoms with van der Waals surface area (Å²) in [7, 11) is 1.71. The summed E-state index contributed by atoms with van der Waals surface area (Å²) in [5.41, 5.74) is 4.58. The van der Waals surface area contributed by atoms with Gasteiger partial charge in [-0.05, 0) is 78.6 Å². The van der Waals surface area contributed by atoms with Gasteiger partial charge in [-0.1, -0.05) is 29.8 Å². The van der Waals surface area contributed by atoms with E-state index in [0.29, 0.717) is 12.5 Å². The molecule has 5 heteroatoms. The molecule has 0 radical (unpaired) electrons. The van der Waals surface area contributed by atoms with Crippen molar-refractivity contribution >= 4 is 28.9 Å². The van der Waals surface area contributed by atoms with Crippen LogP contribution in [0.15, 0.2) is 66.7 Å². The third-order valence-corrected chi connectivity index (χ3v) is 6.29. The summed E-state index contributed by atoms with van der Waals surface area (Å²) in [6.45, 7) is 3.67. The predicted molar refractivity (Wildman–Crippen MR) is 125 cm³/mol. The van der Waals surface area contributed by atoms with Crippen LogP contribution in [0.5, 0.6) is 11.5 Å². The zero-order chi connectivity index (χ0) is 21.1. The zero-order valence-electron chi connectivity index (χ0n) is 17.2. The third-order valence-electron chi connectivity index (χ3n) is 5.88. The molecule has 0 bridgehead atoms. The Labute approximate surface area is 188 Å². The molecule has 0 saturated heterocycles. The van der Waals surface area contributed by atoms with Crippen molar-refractivity contribution in [3.63, 3.8) is 0 Å². The number of hydrogen-bond donors (Lipinski definition) is 0. The molecule has 0 aliphatic carbocycles. The summed E-state index contributed by atoms with van der Waals surface area (Å²) in [5, 5.41) is 0.739. The fourth-order valence-corrected chi connectivity index (χ4v) is 4.53. The van der Waals surface area contributed by atoms with Crippen LogP contribution in [-0.4, -0.2) is 26.1 Å². The topological polar surface area (TPSA) is 21.7 Å². The van der Waals surface area contributed by atoms with Gasteiger partial charge in [0.05, 0.1) is 18.5 Å². The molecule has 0 amide bonds. The first-order chi connectivity index (χ1) is 14.6. The molecular weight excluding hydrogens is 417 g/mol. The fourth-order valence-electron chi connectivity index (χ4n) is 4.33. The van der Waals surface area contributed by atoms with Crippen molar-refractivity contribution in [2.75, 3.05) is 31.0 Å². The van der Waals surface area contributed by atoms with Crippen LogP contribution in [0.4, 0.5) is 5.69 Å². The van der Waals surface area contributed by atoms with Crippen LogP contribution < -0.4 is 14.4 Å². The second-order valence-corrected chi connectivity index (χ2v) is 8.35. The molecular formula is C25H25Cl2NO2. The number of alkyl halides is 1. The van der Waals surface area contributed by atoms with Gasteiger partial charge in [0.2, 0.25) is 0 Å². The van der Waals surface area contributed by atoms with E-state index < -0.39 is 0 Å². The molecule has 30 heavy (non-hydrogen) atoms. The zero-order valence-corrected chi connectivity index (χ0v) is 18.7. The summed E-state index contributed by atoms with van der Waals surface area (Å²) < 4.78 is 11.2. The molecule has 3 nitrogen and oxygen atoms in total. The highest BCUT2D eigenvalue weighted by atomic mass is 35.5. The maximum absolute atomic E-state index is 6.16. The third kappa shape index (κ3) is 3.84. The van der Waals surface area contributed by atoms with Gasteiger partial charge >= 0.3 is 0 Å². The smallest absolute Gasteiger partial charge is 0.119 e. The van der Waals surface area contributed by atoms with Crippen LogP contribution in [0.3, 0.4) is 0 Å². The van der Waals surface area contributed by atoms with Gasteiger partial charge in [-0.25, -0.2) is 0 Å². The van der Waals surface area contributed by atoms with Crippen molar-refractivity contribution in [2.24, 2.45) is 0 Å². The number of halogens is 2. The molecule has 1 aliphatic rings. The van der Waals surface area contributed by atoms with E-state index in [1.807, 2.05) is 30.3 Å². The Morgan fingerprint density at radius 2 is 1.67 bits per heavy atom. The molecule has 0 saturated carbocycles. The van der Waals surface area contributed by atoms with Gasteiger partial charge in [0.15, 0.2) is 0 Å². The first-order valence-corrected chi connectivity index (χ1v) is 11.0. The highest BCUT2D eigenvalue weighted by Crippen LogP contribution is 2.44. The molecule has 3 aromatic rings. The molecule has 0 fully saturated rings. The minimum Gasteiger partial charge on any atom is -0.497 e. The highest BCUT2D eigenvalue weighted by Gasteiger charge is 2.40. The van der Waals surface area contributed by atoms with Crippen LogP contribution in [0.25, 0.3) is 0 Å². The lowest BCUT2D eigenvalue weighted by Gasteiger charge is -2.48. The van der Waals surface area contributed by atoms with E-state index in [1.165, 1.54) is 16.7 Å². The number of anilines is 1. The molecule has 0 N–H and O–H groups in total. The van der Waals surface area contributed by atoms with Crippen molar-refractivity contribution in [2.45, 2.75) is 18.9 Å². The second kappa shape index (κ2) is 8.79. The summed E-state index contributed by atoms with van der Waals surface area (Å²) in [5.74, 6) is 2.19. The lowest BCUT2D eigenvalue weighted by atomic mass is 9.76. The number of fused-ring (bicyclic) bond motifs is 1. The van der Waals surface area contributed by atoms with Crippen molar-refractivity contribution in [3.05, 3.63) is 88.4 Å². The minimum atomic E-state index is -0.349. The van der Waals surface area contributed by atoms with Gasteiger partial charge in [-0.2, -0.15) is 0 Å². The lowest BCUT2D eigenvalue weighted by Crippen LogP contribution is -2.49. The number of rotatable bonds is 6. The van der Waals surface area contributed by atoms with Crippen LogP contribution >= 0.6 is 23.2 Å². The van der Waals surface area contributed by atoms with Gasteiger partial charge in [-0.15, -0.1) is 11.6 Å². The molecule has 0 spiro atoms. The predicted octanol–water partition coefficient (Wildman–Crippen LogP) is 6.29. The van der Waals surface area contributed by atoms with E-state index in [0.717, 1.165) is 35.2 Å². The molecule has 156 valence electrons. The Balaban J connectivity index is 1.82. The second-order valence-electron chi connectivity index (χ2n) is 7.54. The van der Waals surface area contributed by atoms with E-state index in [1.54, 1.807) is 7.11 Å². The number of ether oxygens (including phenoxy) is 2. The monoisotopic (exact) mass is 441 g/mol. The maximum Gasteiger partial charge on any atom is 0.119 e. The summed E-state index contributed by atoms with van der Waals surface area (Å²) in [6, 6.07) is 22.8. The van der Waals surface area contributed by atoms with Crippen molar-refractivity contribution in [3.8, 4) is 11.5 Å². The summed E-state index contributed by atoms with van der Waals surface area (Å²) >= 11 is 11.9. The molecule has 1 unspecified atom stereocenters. The van der Waals surface area contributed by atoms with Crippen molar-refractivity contribution < 1.29 is 9.47 Å². The Bertz CT molecular complexity index is 1000. The number of nitrogens with zero attached hydrogens (tertiary/aromatic N) is 1. The summed E-state index contributed by atoms with van der Waals surface area (Å²) in [4.78, 5) is 2.45. The molecule has 4 rings (SSSR count). The molecule has 3 aromatic carbocycles. The summed E-state index contributed by atoms with van der Waals surface area (Å²) in [6.07, 6.45) is 0.946. The SMILES string of the molecule is COc1ccc2c(c1)CCN(c1ccc(Cl)cc1)C2(C)c1ccc(OCCCl)cc1. The molecule has 0 aromatic heterocycles. The highest BCUT2D eigenvalue weighted by molar-refractivity contribution is 6.30. The van der Waals surface area contributed by atoms with E-state index >= 15 is 0 Å². The van der Waals surface area contributed by atoms with E-state index in [9.17, 15) is 0 Å². The Morgan fingerprint density at radius 1 is 0.967 bits per heavy atom. The Morgan fingerprint density at radius 3 is 2.33 bits per heavy atom. The lowest BCUT2D eigenvalue weighted by molar-refractivity contribution is 0.342. The minimum absolute atomic E-state index is 0.349. The first-order valence-electron chi connectivity index (χ1n) is 10.1. The van der Waals surface area contributed by atoms with E-state index in [-0.39, 0.29) is 5.54 Å². The van der Waals surface area contributed by atoms with Crippen LogP contribution in [-0.2, 0) is 12.0 Å². The average Bonchev–Trinajstić information content (AvgIpc) is 2.78. The van der Waals surface area contributed by atoms with Crippen LogP contribution in [0.2, 0.25) is 5.02 Å². The van der Waals surface area contributed by atoms with Crippen LogP contribution in [0.1, 0.15) is 23.6 Å². The number of hydrogen-bond acceptors (Lipinski definition) is 3. The molecule has 1 atom stereocenters. The Hall–Kier alpha value is -2.36. The standard InChI is InChI=1S/C25H25Cl2NO2/c1-25(19-3-9-22(10-4-19)30-16-14-26)24-12-11-23(29-2)17-18(24)13-15-28(25)21-7-5-20(27)6-8-21/h3-12,17H,13-16H2,1-2H3. The van der Waals surface area contributed by atoms with Gasteiger partial charge in [0, 0.05) is 17.3 Å². The largest absolute Gasteiger partial charge is 0.497 e. The van der Waals surface area contributed by atoms with Crippen molar-refractivity contribution in [1.29, 1.82) is 0 Å². The average molecular weight is 442 g/mol. The number of methoxy groups -OCH3 is 1. The van der Waals surface area contributed by atoms with Gasteiger partial charge in [0.1, 0.15) is 18.1 Å². The number of benzene rings is 3. The van der Waals surface area contributed by atoms with Crippen LogP contribution in [0, 0.1) is 0 Å². The quantitative estimate of drug-likeness (QED) is 0.419. The van der Waals surface area contributed by atoms with Gasteiger partial charge < -0.3 is 14.4 Å². The van der Waals surface area contributed by atoms with Gasteiger partial charge in [-0.3, -0.25) is 0 Å². The van der Waals surface area contributed by atoms with E-state index in [4.69, 9.17) is 32.7 Å². The van der Waals surface area contributed by atoms with Gasteiger partial charge in [0.25, 0.3) is 0 Å². The van der Waals surface area contributed by atoms with Crippen molar-refractivity contribution in [1.82, 2.24) is 0 Å². The molecule has 1 aliphatic heterocycles. The normalized spacial score (nSPS) is 18.1. The first kappa shape index (κ1) is 20.9. The maximum atomic E-state index is 6.16.